The minimum absolute atomic E-state index is 0.0422. The maximum Gasteiger partial charge on any atom is 0.232 e. The van der Waals surface area contributed by atoms with Crippen LogP contribution in [0.5, 0.6) is 0 Å². The van der Waals surface area contributed by atoms with E-state index in [-0.39, 0.29) is 10.8 Å². The van der Waals surface area contributed by atoms with E-state index in [1.54, 1.807) is 18.2 Å². The van der Waals surface area contributed by atoms with Gasteiger partial charge in [0.2, 0.25) is 15.7 Å². The molecule has 1 aromatic carbocycles. The Morgan fingerprint density at radius 2 is 1.72 bits per heavy atom. The van der Waals surface area contributed by atoms with Gasteiger partial charge in [0.1, 0.15) is 0 Å². The third kappa shape index (κ3) is 4.27. The summed E-state index contributed by atoms with van der Waals surface area (Å²) in [6, 6.07) is 7.96. The van der Waals surface area contributed by atoms with Gasteiger partial charge in [-0.25, -0.2) is 8.42 Å². The van der Waals surface area contributed by atoms with E-state index >= 15 is 0 Å². The first-order valence-electron chi connectivity index (χ1n) is 8.08. The zero-order valence-corrected chi connectivity index (χ0v) is 15.6. The normalized spacial score (nSPS) is 16.8. The highest BCUT2D eigenvalue weighted by Crippen LogP contribution is 2.27. The van der Waals surface area contributed by atoms with Crippen molar-refractivity contribution in [3.63, 3.8) is 0 Å². The lowest BCUT2D eigenvalue weighted by Crippen LogP contribution is -2.52. The van der Waals surface area contributed by atoms with Gasteiger partial charge in [-0.15, -0.1) is 0 Å². The Bertz CT molecular complexity index is 797. The third-order valence-corrected chi connectivity index (χ3v) is 5.98. The number of benzene rings is 1. The van der Waals surface area contributed by atoms with Crippen molar-refractivity contribution >= 4 is 15.7 Å². The van der Waals surface area contributed by atoms with Crippen LogP contribution in [-0.4, -0.2) is 57.4 Å². The second-order valence-electron chi connectivity index (χ2n) is 6.72. The van der Waals surface area contributed by atoms with Crippen LogP contribution in [0, 0.1) is 11.3 Å². The van der Waals surface area contributed by atoms with Gasteiger partial charge >= 0.3 is 0 Å². The zero-order valence-electron chi connectivity index (χ0n) is 14.8. The van der Waals surface area contributed by atoms with Crippen LogP contribution in [0.25, 0.3) is 0 Å². The summed E-state index contributed by atoms with van der Waals surface area (Å²) in [5.74, 6) is 0.0422. The minimum atomic E-state index is -3.64. The SMILES string of the molecule is CN1CCN(C(=O)C(C)(C)c2ccc(S(=O)(=O)C=CC#N)cc2)CC1. The van der Waals surface area contributed by atoms with E-state index < -0.39 is 15.3 Å². The van der Waals surface area contributed by atoms with Gasteiger partial charge in [0, 0.05) is 37.7 Å². The molecular weight excluding hydrogens is 338 g/mol. The lowest BCUT2D eigenvalue weighted by molar-refractivity contribution is -0.137. The van der Waals surface area contributed by atoms with Gasteiger partial charge in [-0.1, -0.05) is 12.1 Å². The molecule has 1 aliphatic rings. The van der Waals surface area contributed by atoms with E-state index in [1.807, 2.05) is 25.8 Å². The molecule has 0 atom stereocenters. The highest BCUT2D eigenvalue weighted by atomic mass is 32.2. The number of hydrogen-bond donors (Lipinski definition) is 0. The second-order valence-corrected chi connectivity index (χ2v) is 8.56. The molecule has 0 saturated carbocycles. The molecule has 0 N–H and O–H groups in total. The van der Waals surface area contributed by atoms with Crippen LogP contribution in [0.1, 0.15) is 19.4 Å². The molecule has 0 spiro atoms. The molecule has 6 nitrogen and oxygen atoms in total. The maximum atomic E-state index is 12.9. The second kappa shape index (κ2) is 7.38. The molecule has 1 amide bonds. The summed E-state index contributed by atoms with van der Waals surface area (Å²) in [5.41, 5.74) is 0.0281. The summed E-state index contributed by atoms with van der Waals surface area (Å²) in [5, 5.41) is 9.36. The van der Waals surface area contributed by atoms with Crippen molar-refractivity contribution in [2.75, 3.05) is 33.2 Å². The summed E-state index contributed by atoms with van der Waals surface area (Å²) < 4.78 is 24.1. The molecule has 25 heavy (non-hydrogen) atoms. The molecule has 0 radical (unpaired) electrons. The first-order valence-corrected chi connectivity index (χ1v) is 9.63. The van der Waals surface area contributed by atoms with Crippen LogP contribution in [0.3, 0.4) is 0 Å². The molecule has 0 aromatic heterocycles. The van der Waals surface area contributed by atoms with Crippen molar-refractivity contribution in [2.24, 2.45) is 0 Å². The lowest BCUT2D eigenvalue weighted by atomic mass is 9.83. The monoisotopic (exact) mass is 361 g/mol. The van der Waals surface area contributed by atoms with Gasteiger partial charge in [0.05, 0.1) is 16.4 Å². The van der Waals surface area contributed by atoms with Gasteiger partial charge in [-0.05, 0) is 38.6 Å². The van der Waals surface area contributed by atoms with E-state index in [9.17, 15) is 13.2 Å². The summed E-state index contributed by atoms with van der Waals surface area (Å²) in [7, 11) is -1.60. The Kier molecular flexibility index (Phi) is 5.65. The fourth-order valence-electron chi connectivity index (χ4n) is 2.79. The van der Waals surface area contributed by atoms with E-state index in [2.05, 4.69) is 4.90 Å². The van der Waals surface area contributed by atoms with Crippen molar-refractivity contribution in [2.45, 2.75) is 24.2 Å². The van der Waals surface area contributed by atoms with Crippen molar-refractivity contribution in [1.29, 1.82) is 5.26 Å². The van der Waals surface area contributed by atoms with Crippen molar-refractivity contribution < 1.29 is 13.2 Å². The maximum absolute atomic E-state index is 12.9. The number of carbonyl (C=O) groups is 1. The Morgan fingerprint density at radius 1 is 1.16 bits per heavy atom. The number of nitrogens with zero attached hydrogens (tertiary/aromatic N) is 3. The van der Waals surface area contributed by atoms with E-state index in [0.717, 1.165) is 30.1 Å². The Labute approximate surface area is 149 Å². The largest absolute Gasteiger partial charge is 0.339 e. The Hall–Kier alpha value is -2.17. The number of piperazine rings is 1. The molecule has 134 valence electrons. The van der Waals surface area contributed by atoms with E-state index in [0.29, 0.717) is 13.1 Å². The van der Waals surface area contributed by atoms with E-state index in [1.165, 1.54) is 12.1 Å². The summed E-state index contributed by atoms with van der Waals surface area (Å²) >= 11 is 0. The average molecular weight is 361 g/mol. The summed E-state index contributed by atoms with van der Waals surface area (Å²) in [6.07, 6.45) is 0.935. The highest BCUT2D eigenvalue weighted by molar-refractivity contribution is 7.94. The van der Waals surface area contributed by atoms with Crippen LogP contribution >= 0.6 is 0 Å². The first-order chi connectivity index (χ1) is 11.7. The molecule has 1 heterocycles. The molecule has 7 heteroatoms. The molecule has 0 aliphatic carbocycles. The number of carbonyl (C=O) groups excluding carboxylic acids is 1. The van der Waals surface area contributed by atoms with Gasteiger partial charge in [0.25, 0.3) is 0 Å². The van der Waals surface area contributed by atoms with Crippen LogP contribution in [0.2, 0.25) is 0 Å². The number of allylic oxidation sites excluding steroid dienone is 1. The first kappa shape index (κ1) is 19.2. The number of amides is 1. The topological polar surface area (TPSA) is 81.5 Å². The summed E-state index contributed by atoms with van der Waals surface area (Å²) in [6.45, 7) is 6.81. The molecule has 1 aromatic rings. The fraction of sp³-hybridized carbons (Fsp3) is 0.444. The van der Waals surface area contributed by atoms with Crippen molar-refractivity contribution in [3.05, 3.63) is 41.3 Å². The molecule has 0 bridgehead atoms. The van der Waals surface area contributed by atoms with Crippen LogP contribution < -0.4 is 0 Å². The minimum Gasteiger partial charge on any atom is -0.339 e. The van der Waals surface area contributed by atoms with Crippen LogP contribution in [-0.2, 0) is 20.0 Å². The molecule has 1 aliphatic heterocycles. The van der Waals surface area contributed by atoms with Gasteiger partial charge in [0.15, 0.2) is 0 Å². The van der Waals surface area contributed by atoms with Crippen LogP contribution in [0.15, 0.2) is 40.6 Å². The van der Waals surface area contributed by atoms with Crippen molar-refractivity contribution in [1.82, 2.24) is 9.80 Å². The summed E-state index contributed by atoms with van der Waals surface area (Å²) in [4.78, 5) is 17.0. The Morgan fingerprint density at radius 3 is 2.24 bits per heavy atom. The smallest absolute Gasteiger partial charge is 0.232 e. The number of rotatable bonds is 4. The molecule has 1 fully saturated rings. The molecular formula is C18H23N3O3S. The quantitative estimate of drug-likeness (QED) is 0.760. The van der Waals surface area contributed by atoms with Crippen molar-refractivity contribution in [3.8, 4) is 6.07 Å². The van der Waals surface area contributed by atoms with Gasteiger partial charge in [-0.2, -0.15) is 5.26 Å². The lowest BCUT2D eigenvalue weighted by Gasteiger charge is -2.37. The predicted molar refractivity (Wildman–Crippen MR) is 95.5 cm³/mol. The number of hydrogen-bond acceptors (Lipinski definition) is 5. The van der Waals surface area contributed by atoms with Gasteiger partial charge in [-0.3, -0.25) is 4.79 Å². The van der Waals surface area contributed by atoms with Crippen LogP contribution in [0.4, 0.5) is 0 Å². The molecule has 2 rings (SSSR count). The predicted octanol–water partition coefficient (Wildman–Crippen LogP) is 1.55. The standard InChI is InChI=1S/C18H23N3O3S/c1-18(2,17(22)21-12-10-20(3)11-13-21)15-5-7-16(8-6-15)25(23,24)14-4-9-19/h4-8,14H,10-13H2,1-3H3. The van der Waals surface area contributed by atoms with E-state index in [4.69, 9.17) is 5.26 Å². The molecule has 0 unspecified atom stereocenters. The Balaban J connectivity index is 2.21. The van der Waals surface area contributed by atoms with Gasteiger partial charge < -0.3 is 9.80 Å². The average Bonchev–Trinajstić information content (AvgIpc) is 2.60. The third-order valence-electron chi connectivity index (χ3n) is 4.55. The highest BCUT2D eigenvalue weighted by Gasteiger charge is 2.34. The number of nitriles is 1. The molecule has 1 saturated heterocycles. The number of sulfone groups is 1. The zero-order chi connectivity index (χ0) is 18.7. The fourth-order valence-corrected chi connectivity index (χ4v) is 3.70. The number of likely N-dealkylation sites (N-methyl/N-ethyl adjacent to an activating group) is 1.